The molecule has 0 fully saturated rings. The van der Waals surface area contributed by atoms with Crippen LogP contribution in [0.2, 0.25) is 0 Å². The van der Waals surface area contributed by atoms with Crippen LogP contribution in [0.15, 0.2) is 12.8 Å². The molecule has 0 atom stereocenters. The largest absolute Gasteiger partial charge is 1.00 e. The van der Waals surface area contributed by atoms with Gasteiger partial charge in [0.2, 0.25) is 0 Å². The monoisotopic (exact) mass is 171 g/mol. The summed E-state index contributed by atoms with van der Waals surface area (Å²) in [6, 6.07) is 0. The molecule has 5 heteroatoms. The topological polar surface area (TPSA) is 21.3 Å². The molecule has 9 heavy (non-hydrogen) atoms. The van der Waals surface area contributed by atoms with Gasteiger partial charge in [-0.1, -0.05) is 10.9 Å². The molecule has 1 N–H and O–H groups in total. The smallest absolute Gasteiger partial charge is 0.482 e. The van der Waals surface area contributed by atoms with Gasteiger partial charge in [0, 0.05) is 0 Å². The minimum absolute atomic E-state index is 0. The minimum atomic E-state index is 0. The van der Waals surface area contributed by atoms with Crippen molar-refractivity contribution in [3.63, 3.8) is 0 Å². The van der Waals surface area contributed by atoms with E-state index >= 15 is 0 Å². The normalized spacial score (nSPS) is 6.67. The molecule has 0 aromatic rings. The molecule has 0 radical (unpaired) electrons. The number of hydrogen-bond donors (Lipinski definition) is 1. The van der Waals surface area contributed by atoms with Gasteiger partial charge in [0.05, 0.1) is 6.26 Å². The van der Waals surface area contributed by atoms with E-state index in [1.807, 2.05) is 0 Å². The average molecular weight is 171 g/mol. The van der Waals surface area contributed by atoms with Crippen LogP contribution in [0.1, 0.15) is 0 Å². The molecule has 0 aliphatic rings. The molecule has 0 bridgehead atoms. The molecule has 0 saturated carbocycles. The Morgan fingerprint density at radius 3 is 2.78 bits per heavy atom. The molecule has 0 aliphatic heterocycles. The summed E-state index contributed by atoms with van der Waals surface area (Å²) in [6.07, 6.45) is 1.32. The second-order valence-corrected chi connectivity index (χ2v) is 2.02. The standard InChI is InChI=1S/C4H7NOS2.Na/c1-2-6-3-5-4(7)8;/h2H,1,3H2,(H2,5,7,8);/q;+1/p-1. The third kappa shape index (κ3) is 12.0. The van der Waals surface area contributed by atoms with Crippen molar-refractivity contribution >= 4 is 29.2 Å². The van der Waals surface area contributed by atoms with Crippen LogP contribution in [-0.4, -0.2) is 11.1 Å². The van der Waals surface area contributed by atoms with Crippen LogP contribution in [0.25, 0.3) is 0 Å². The number of rotatable bonds is 3. The second-order valence-electron chi connectivity index (χ2n) is 0.942. The molecule has 0 aromatic carbocycles. The zero-order valence-electron chi connectivity index (χ0n) is 5.22. The fourth-order valence-corrected chi connectivity index (χ4v) is 0.277. The van der Waals surface area contributed by atoms with Crippen molar-refractivity contribution in [1.29, 1.82) is 0 Å². The van der Waals surface area contributed by atoms with E-state index in [1.165, 1.54) is 6.26 Å². The number of thiocarbonyl (C=S) groups is 1. The van der Waals surface area contributed by atoms with Crippen LogP contribution in [0.5, 0.6) is 0 Å². The van der Waals surface area contributed by atoms with E-state index < -0.39 is 0 Å². The van der Waals surface area contributed by atoms with Gasteiger partial charge in [-0.25, -0.2) is 0 Å². The summed E-state index contributed by atoms with van der Waals surface area (Å²) in [5, 5.41) is 2.60. The second kappa shape index (κ2) is 8.65. The van der Waals surface area contributed by atoms with Gasteiger partial charge in [0.1, 0.15) is 0 Å². The fraction of sp³-hybridized carbons (Fsp3) is 0.250. The molecule has 0 saturated heterocycles. The number of nitrogens with one attached hydrogen (secondary N) is 1. The third-order valence-corrected chi connectivity index (χ3v) is 0.706. The quantitative estimate of drug-likeness (QED) is 0.127. The van der Waals surface area contributed by atoms with Crippen LogP contribution in [0, 0.1) is 0 Å². The maximum Gasteiger partial charge on any atom is 1.00 e. The van der Waals surface area contributed by atoms with Gasteiger partial charge in [0.15, 0.2) is 6.73 Å². The number of ether oxygens (including phenoxy) is 1. The first-order chi connectivity index (χ1) is 3.77. The molecule has 0 aliphatic carbocycles. The van der Waals surface area contributed by atoms with Crippen LogP contribution in [-0.2, 0) is 17.4 Å². The molecule has 0 amide bonds. The summed E-state index contributed by atoms with van der Waals surface area (Å²) in [4.78, 5) is 0. The zero-order chi connectivity index (χ0) is 6.41. The van der Waals surface area contributed by atoms with E-state index in [1.54, 1.807) is 0 Å². The van der Waals surface area contributed by atoms with Crippen molar-refractivity contribution < 1.29 is 34.3 Å². The first kappa shape index (κ1) is 12.3. The molecule has 0 aromatic heterocycles. The first-order valence-electron chi connectivity index (χ1n) is 1.94. The van der Waals surface area contributed by atoms with Crippen LogP contribution in [0.4, 0.5) is 0 Å². The Labute approximate surface area is 87.7 Å². The molecule has 0 spiro atoms. The van der Waals surface area contributed by atoms with Crippen molar-refractivity contribution in [1.82, 2.24) is 5.32 Å². The van der Waals surface area contributed by atoms with E-state index in [4.69, 9.17) is 0 Å². The Kier molecular flexibility index (Phi) is 11.9. The van der Waals surface area contributed by atoms with Crippen molar-refractivity contribution in [3.05, 3.63) is 12.8 Å². The van der Waals surface area contributed by atoms with Crippen molar-refractivity contribution in [3.8, 4) is 0 Å². The van der Waals surface area contributed by atoms with Gasteiger partial charge < -0.3 is 34.9 Å². The Bertz CT molecular complexity index is 98.6. The number of hydrogen-bond acceptors (Lipinski definition) is 3. The van der Waals surface area contributed by atoms with E-state index in [9.17, 15) is 0 Å². The summed E-state index contributed by atoms with van der Waals surface area (Å²) in [5.41, 5.74) is 0. The van der Waals surface area contributed by atoms with E-state index in [2.05, 4.69) is 41.5 Å². The molecular weight excluding hydrogens is 165 g/mol. The molecule has 2 nitrogen and oxygen atoms in total. The Morgan fingerprint density at radius 2 is 2.44 bits per heavy atom. The average Bonchev–Trinajstić information content (AvgIpc) is 1.66. The van der Waals surface area contributed by atoms with Crippen molar-refractivity contribution in [2.75, 3.05) is 6.73 Å². The summed E-state index contributed by atoms with van der Waals surface area (Å²) in [5.74, 6) is 0. The maximum absolute atomic E-state index is 4.64. The summed E-state index contributed by atoms with van der Waals surface area (Å²) < 4.78 is 4.95. The predicted molar refractivity (Wildman–Crippen MR) is 39.2 cm³/mol. The van der Waals surface area contributed by atoms with Gasteiger partial charge >= 0.3 is 29.6 Å². The van der Waals surface area contributed by atoms with Crippen molar-refractivity contribution in [2.24, 2.45) is 0 Å². The van der Waals surface area contributed by atoms with Crippen molar-refractivity contribution in [2.45, 2.75) is 0 Å². The summed E-state index contributed by atoms with van der Waals surface area (Å²) >= 11 is 9.00. The van der Waals surface area contributed by atoms with Gasteiger partial charge in [-0.2, -0.15) is 0 Å². The predicted octanol–water partition coefficient (Wildman–Crippen LogP) is -2.47. The molecule has 0 heterocycles. The minimum Gasteiger partial charge on any atom is -0.482 e. The van der Waals surface area contributed by atoms with E-state index in [0.29, 0.717) is 11.1 Å². The van der Waals surface area contributed by atoms with E-state index in [-0.39, 0.29) is 29.6 Å². The van der Waals surface area contributed by atoms with Crippen LogP contribution in [0.3, 0.4) is 0 Å². The molecule has 46 valence electrons. The Balaban J connectivity index is 0. The zero-order valence-corrected chi connectivity index (χ0v) is 8.85. The van der Waals surface area contributed by atoms with Gasteiger partial charge in [0.25, 0.3) is 0 Å². The molecule has 0 unspecified atom stereocenters. The summed E-state index contributed by atoms with van der Waals surface area (Å²) in [6.45, 7) is 3.63. The van der Waals surface area contributed by atoms with Gasteiger partial charge in [-0.3, -0.25) is 0 Å². The molecule has 0 rings (SSSR count). The Morgan fingerprint density at radius 1 is 1.89 bits per heavy atom. The Hall–Kier alpha value is 0.650. The maximum atomic E-state index is 4.64. The first-order valence-corrected chi connectivity index (χ1v) is 2.76. The van der Waals surface area contributed by atoms with Crippen LogP contribution < -0.4 is 34.9 Å². The van der Waals surface area contributed by atoms with Gasteiger partial charge in [-0.15, -0.1) is 0 Å². The van der Waals surface area contributed by atoms with E-state index in [0.717, 1.165) is 0 Å². The third-order valence-electron chi connectivity index (χ3n) is 0.418. The SMILES string of the molecule is C=COCNC(=S)[S-].[Na+]. The fourth-order valence-electron chi connectivity index (χ4n) is 0.160. The molecular formula is C4H6NNaOS2. The van der Waals surface area contributed by atoms with Gasteiger partial charge in [-0.05, 0) is 0 Å². The summed E-state index contributed by atoms with van der Waals surface area (Å²) in [7, 11) is 0. The van der Waals surface area contributed by atoms with Crippen LogP contribution >= 0.6 is 12.2 Å².